The first-order valence-electron chi connectivity index (χ1n) is 7.75. The Labute approximate surface area is 156 Å². The number of amides is 1. The zero-order chi connectivity index (χ0) is 18.7. The minimum absolute atomic E-state index is 0.217. The Morgan fingerprint density at radius 1 is 1.12 bits per heavy atom. The number of hydrogen-bond acceptors (Lipinski definition) is 5. The van der Waals surface area contributed by atoms with Crippen molar-refractivity contribution in [3.8, 4) is 5.75 Å². The zero-order valence-corrected chi connectivity index (χ0v) is 15.4. The third-order valence-electron chi connectivity index (χ3n) is 3.98. The number of halogens is 1. The SMILES string of the molecule is COc1ccc(C2CC=C(c3ccccc3)OC(=O)N2S(=O)(=O)Cl)cc1. The zero-order valence-electron chi connectivity index (χ0n) is 13.8. The van der Waals surface area contributed by atoms with E-state index >= 15 is 0 Å². The highest BCUT2D eigenvalue weighted by molar-refractivity contribution is 8.12. The number of rotatable bonds is 4. The molecule has 136 valence electrons. The molecule has 26 heavy (non-hydrogen) atoms. The molecule has 1 atom stereocenters. The fourth-order valence-corrected chi connectivity index (χ4v) is 3.92. The van der Waals surface area contributed by atoms with E-state index in [4.69, 9.17) is 20.2 Å². The molecule has 0 saturated heterocycles. The number of hydrogen-bond donors (Lipinski definition) is 0. The summed E-state index contributed by atoms with van der Waals surface area (Å²) in [4.78, 5) is 12.5. The molecule has 8 heteroatoms. The third-order valence-corrected chi connectivity index (χ3v) is 5.30. The van der Waals surface area contributed by atoms with Crippen molar-refractivity contribution in [1.82, 2.24) is 4.31 Å². The summed E-state index contributed by atoms with van der Waals surface area (Å²) in [6.45, 7) is 0. The molecule has 0 bridgehead atoms. The van der Waals surface area contributed by atoms with Gasteiger partial charge < -0.3 is 9.47 Å². The first-order valence-corrected chi connectivity index (χ1v) is 10.0. The molecule has 3 rings (SSSR count). The van der Waals surface area contributed by atoms with Gasteiger partial charge in [0, 0.05) is 16.2 Å². The van der Waals surface area contributed by atoms with Crippen LogP contribution < -0.4 is 4.74 Å². The lowest BCUT2D eigenvalue weighted by atomic mass is 10.0. The molecular weight excluding hydrogens is 378 g/mol. The first kappa shape index (κ1) is 18.3. The van der Waals surface area contributed by atoms with Gasteiger partial charge in [0.2, 0.25) is 0 Å². The van der Waals surface area contributed by atoms with Crippen molar-refractivity contribution in [3.63, 3.8) is 0 Å². The number of methoxy groups -OCH3 is 1. The Morgan fingerprint density at radius 2 is 1.77 bits per heavy atom. The maximum absolute atomic E-state index is 12.5. The minimum atomic E-state index is -4.35. The van der Waals surface area contributed by atoms with Gasteiger partial charge in [-0.05, 0) is 30.2 Å². The number of ether oxygens (including phenoxy) is 2. The van der Waals surface area contributed by atoms with Crippen molar-refractivity contribution in [2.24, 2.45) is 0 Å². The lowest BCUT2D eigenvalue weighted by molar-refractivity contribution is 0.163. The summed E-state index contributed by atoms with van der Waals surface area (Å²) < 4.78 is 35.0. The second-order valence-corrected chi connectivity index (χ2v) is 7.95. The molecule has 1 aliphatic rings. The molecule has 1 unspecified atom stereocenters. The van der Waals surface area contributed by atoms with Crippen LogP contribution in [-0.2, 0) is 14.0 Å². The van der Waals surface area contributed by atoms with Crippen LogP contribution in [0.25, 0.3) is 5.76 Å². The average Bonchev–Trinajstić information content (AvgIpc) is 2.81. The maximum Gasteiger partial charge on any atom is 0.430 e. The highest BCUT2D eigenvalue weighted by atomic mass is 35.7. The first-order chi connectivity index (χ1) is 12.4. The van der Waals surface area contributed by atoms with Gasteiger partial charge in [0.25, 0.3) is 0 Å². The Balaban J connectivity index is 2.03. The molecule has 0 spiro atoms. The summed E-state index contributed by atoms with van der Waals surface area (Å²) in [5.41, 5.74) is 1.26. The van der Waals surface area contributed by atoms with E-state index < -0.39 is 21.4 Å². The highest BCUT2D eigenvalue weighted by Gasteiger charge is 2.38. The van der Waals surface area contributed by atoms with Crippen molar-refractivity contribution in [2.75, 3.05) is 7.11 Å². The molecule has 0 fully saturated rings. The fourth-order valence-electron chi connectivity index (χ4n) is 2.74. The predicted molar refractivity (Wildman–Crippen MR) is 97.9 cm³/mol. The molecule has 6 nitrogen and oxygen atoms in total. The second-order valence-electron chi connectivity index (χ2n) is 5.56. The van der Waals surface area contributed by atoms with Gasteiger partial charge in [-0.25, -0.2) is 4.79 Å². The van der Waals surface area contributed by atoms with E-state index in [1.807, 2.05) is 6.07 Å². The summed E-state index contributed by atoms with van der Waals surface area (Å²) in [7, 11) is 2.71. The molecule has 2 aromatic rings. The van der Waals surface area contributed by atoms with E-state index in [0.29, 0.717) is 21.2 Å². The van der Waals surface area contributed by atoms with Crippen molar-refractivity contribution in [1.29, 1.82) is 0 Å². The smallest absolute Gasteiger partial charge is 0.430 e. The van der Waals surface area contributed by atoms with Gasteiger partial charge in [-0.1, -0.05) is 42.5 Å². The normalized spacial score (nSPS) is 17.9. The van der Waals surface area contributed by atoms with Crippen molar-refractivity contribution in [3.05, 3.63) is 71.8 Å². The number of benzene rings is 2. The second kappa shape index (κ2) is 7.39. The fraction of sp³-hybridized carbons (Fsp3) is 0.167. The molecular formula is C18H16ClNO5S. The van der Waals surface area contributed by atoms with Crippen LogP contribution in [0.4, 0.5) is 4.79 Å². The number of carbonyl (C=O) groups excluding carboxylic acids is 1. The summed E-state index contributed by atoms with van der Waals surface area (Å²) >= 11 is 0. The third kappa shape index (κ3) is 3.84. The van der Waals surface area contributed by atoms with Crippen LogP contribution in [0.1, 0.15) is 23.6 Å². The van der Waals surface area contributed by atoms with E-state index in [1.165, 1.54) is 7.11 Å². The minimum Gasteiger partial charge on any atom is -0.497 e. The van der Waals surface area contributed by atoms with Gasteiger partial charge >= 0.3 is 15.3 Å². The summed E-state index contributed by atoms with van der Waals surface area (Å²) in [5, 5.41) is 0. The Bertz CT molecular complexity index is 926. The molecule has 0 radical (unpaired) electrons. The quantitative estimate of drug-likeness (QED) is 0.731. The molecule has 2 aromatic carbocycles. The van der Waals surface area contributed by atoms with E-state index in [2.05, 4.69) is 0 Å². The average molecular weight is 394 g/mol. The Kier molecular flexibility index (Phi) is 5.20. The molecule has 0 aliphatic carbocycles. The van der Waals surface area contributed by atoms with Gasteiger partial charge in [0.15, 0.2) is 0 Å². The monoisotopic (exact) mass is 393 g/mol. The molecule has 0 saturated carbocycles. The molecule has 0 aromatic heterocycles. The van der Waals surface area contributed by atoms with Crippen LogP contribution in [0, 0.1) is 0 Å². The van der Waals surface area contributed by atoms with Gasteiger partial charge in [-0.3, -0.25) is 0 Å². The van der Waals surface area contributed by atoms with Crippen LogP contribution in [0.5, 0.6) is 5.75 Å². The van der Waals surface area contributed by atoms with Gasteiger partial charge in [-0.15, -0.1) is 0 Å². The molecule has 1 amide bonds. The van der Waals surface area contributed by atoms with E-state index in [1.54, 1.807) is 54.6 Å². The molecule has 1 aliphatic heterocycles. The summed E-state index contributed by atoms with van der Waals surface area (Å²) in [5.74, 6) is 0.905. The number of carbonyl (C=O) groups is 1. The maximum atomic E-state index is 12.5. The van der Waals surface area contributed by atoms with Crippen LogP contribution in [0.15, 0.2) is 60.7 Å². The predicted octanol–water partition coefficient (Wildman–Crippen LogP) is 4.10. The van der Waals surface area contributed by atoms with Gasteiger partial charge in [0.1, 0.15) is 11.5 Å². The van der Waals surface area contributed by atoms with Gasteiger partial charge in [-0.2, -0.15) is 12.7 Å². The van der Waals surface area contributed by atoms with Crippen LogP contribution in [0.3, 0.4) is 0 Å². The van der Waals surface area contributed by atoms with E-state index in [-0.39, 0.29) is 12.2 Å². The molecule has 0 N–H and O–H groups in total. The van der Waals surface area contributed by atoms with E-state index in [9.17, 15) is 13.2 Å². The lowest BCUT2D eigenvalue weighted by Gasteiger charge is -2.25. The number of nitrogens with zero attached hydrogens (tertiary/aromatic N) is 1. The van der Waals surface area contributed by atoms with Crippen molar-refractivity contribution < 1.29 is 22.7 Å². The van der Waals surface area contributed by atoms with Gasteiger partial charge in [0.05, 0.1) is 13.2 Å². The van der Waals surface area contributed by atoms with Crippen LogP contribution >= 0.6 is 10.7 Å². The molecule has 1 heterocycles. The summed E-state index contributed by atoms with van der Waals surface area (Å²) in [6, 6.07) is 14.9. The number of cyclic esters (lactones) is 1. The van der Waals surface area contributed by atoms with Crippen molar-refractivity contribution in [2.45, 2.75) is 12.5 Å². The van der Waals surface area contributed by atoms with Crippen LogP contribution in [-0.4, -0.2) is 25.9 Å². The van der Waals surface area contributed by atoms with E-state index in [0.717, 1.165) is 0 Å². The van der Waals surface area contributed by atoms with Crippen molar-refractivity contribution >= 4 is 31.8 Å². The Morgan fingerprint density at radius 3 is 2.35 bits per heavy atom. The Hall–Kier alpha value is -2.51. The lowest BCUT2D eigenvalue weighted by Crippen LogP contribution is -2.36. The largest absolute Gasteiger partial charge is 0.497 e. The highest BCUT2D eigenvalue weighted by Crippen LogP contribution is 2.35. The summed E-state index contributed by atoms with van der Waals surface area (Å²) in [6.07, 6.45) is 0.853. The standard InChI is InChI=1S/C18H16ClNO5S/c1-24-15-9-7-13(8-10-15)16-11-12-17(14-5-3-2-4-6-14)25-18(21)20(16)26(19,22)23/h2-10,12,16H,11H2,1H3. The topological polar surface area (TPSA) is 72.9 Å². The van der Waals surface area contributed by atoms with Crippen LogP contribution in [0.2, 0.25) is 0 Å².